The van der Waals surface area contributed by atoms with Crippen molar-refractivity contribution in [2.45, 2.75) is 19.4 Å². The van der Waals surface area contributed by atoms with Crippen molar-refractivity contribution in [3.63, 3.8) is 0 Å². The minimum absolute atomic E-state index is 0.185. The van der Waals surface area contributed by atoms with Gasteiger partial charge in [0, 0.05) is 26.6 Å². The molecule has 1 saturated heterocycles. The molecule has 1 aliphatic carbocycles. The number of hydrogen-bond donors (Lipinski definition) is 2. The lowest BCUT2D eigenvalue weighted by atomic mass is 9.97. The normalized spacial score (nSPS) is 30.2. The molecular weight excluding hydrogens is 294 g/mol. The Hall–Kier alpha value is -2.00. The summed E-state index contributed by atoms with van der Waals surface area (Å²) in [5, 5.41) is 22.5. The zero-order chi connectivity index (χ0) is 16.0. The van der Waals surface area contributed by atoms with Crippen LogP contribution >= 0.6 is 0 Å². The van der Waals surface area contributed by atoms with Crippen molar-refractivity contribution in [3.8, 4) is 0 Å². The molecule has 0 radical (unpaired) electrons. The molecule has 0 spiro atoms. The summed E-state index contributed by atoms with van der Waals surface area (Å²) in [5.74, 6) is -1.23. The fourth-order valence-electron chi connectivity index (χ4n) is 3.35. The van der Waals surface area contributed by atoms with E-state index in [-0.39, 0.29) is 26.1 Å². The van der Waals surface area contributed by atoms with E-state index in [0.29, 0.717) is 24.7 Å². The molecule has 1 aromatic heterocycles. The molecule has 1 saturated carbocycles. The third kappa shape index (κ3) is 2.08. The number of carbonyl (C=O) groups is 2. The van der Waals surface area contributed by atoms with Gasteiger partial charge in [-0.2, -0.15) is 4.98 Å². The molecule has 1 aliphatic heterocycles. The minimum Gasteiger partial charge on any atom is -0.481 e. The van der Waals surface area contributed by atoms with E-state index in [2.05, 4.69) is 10.1 Å². The van der Waals surface area contributed by atoms with Gasteiger partial charge in [-0.3, -0.25) is 14.5 Å². The summed E-state index contributed by atoms with van der Waals surface area (Å²) in [5.41, 5.74) is -2.37. The number of likely N-dealkylation sites (tertiary alicyclic amines) is 1. The van der Waals surface area contributed by atoms with Gasteiger partial charge in [-0.05, 0) is 6.42 Å². The van der Waals surface area contributed by atoms with Crippen LogP contribution in [0, 0.1) is 10.8 Å². The monoisotopic (exact) mass is 311 g/mol. The topological polar surface area (TPSA) is 126 Å². The summed E-state index contributed by atoms with van der Waals surface area (Å²) in [4.78, 5) is 28.8. The lowest BCUT2D eigenvalue weighted by Crippen LogP contribution is -2.28. The van der Waals surface area contributed by atoms with Gasteiger partial charge < -0.3 is 19.5 Å². The number of methoxy groups -OCH3 is 1. The van der Waals surface area contributed by atoms with Crippen LogP contribution in [0.3, 0.4) is 0 Å². The predicted molar refractivity (Wildman–Crippen MR) is 69.9 cm³/mol. The van der Waals surface area contributed by atoms with Crippen LogP contribution in [0.25, 0.3) is 0 Å². The van der Waals surface area contributed by atoms with Crippen LogP contribution in [0.4, 0.5) is 0 Å². The molecule has 2 N–H and O–H groups in total. The highest BCUT2D eigenvalue weighted by Gasteiger charge is 2.80. The van der Waals surface area contributed by atoms with Gasteiger partial charge in [-0.25, -0.2) is 0 Å². The molecule has 120 valence electrons. The molecule has 2 aliphatic rings. The first-order valence-electron chi connectivity index (χ1n) is 6.93. The minimum atomic E-state index is -1.18. The Balaban J connectivity index is 1.67. The van der Waals surface area contributed by atoms with Gasteiger partial charge in [0.1, 0.15) is 0 Å². The fraction of sp³-hybridized carbons (Fsp3) is 0.692. The number of aliphatic carboxylic acids is 2. The molecule has 9 heteroatoms. The number of nitrogens with zero attached hydrogens (tertiary/aromatic N) is 3. The molecule has 2 fully saturated rings. The smallest absolute Gasteiger partial charge is 0.312 e. The average Bonchev–Trinajstić information content (AvgIpc) is 2.79. The second kappa shape index (κ2) is 5.03. The van der Waals surface area contributed by atoms with Gasteiger partial charge in [0.25, 0.3) is 0 Å². The van der Waals surface area contributed by atoms with E-state index < -0.39 is 22.8 Å². The molecule has 0 unspecified atom stereocenters. The number of rotatable bonds is 7. The third-order valence-electron chi connectivity index (χ3n) is 4.60. The molecule has 1 aromatic rings. The first-order chi connectivity index (χ1) is 10.4. The number of hydrogen-bond acceptors (Lipinski definition) is 7. The van der Waals surface area contributed by atoms with E-state index in [1.54, 1.807) is 12.0 Å². The predicted octanol–water partition coefficient (Wildman–Crippen LogP) is -0.380. The molecule has 0 amide bonds. The standard InChI is InChI=1S/C13H17N3O6/c1-21-3-2-8-14-9(22-15-8)4-16-6-12(10(17)18)5-13(12,7-16)11(19)20/h2-7H2,1H3,(H,17,18)(H,19,20)/t12-,13+. The van der Waals surface area contributed by atoms with Crippen molar-refractivity contribution >= 4 is 11.9 Å². The first-order valence-corrected chi connectivity index (χ1v) is 6.93. The summed E-state index contributed by atoms with van der Waals surface area (Å²) in [7, 11) is 1.58. The maximum Gasteiger partial charge on any atom is 0.312 e. The van der Waals surface area contributed by atoms with Crippen molar-refractivity contribution in [2.24, 2.45) is 10.8 Å². The van der Waals surface area contributed by atoms with E-state index in [4.69, 9.17) is 9.26 Å². The van der Waals surface area contributed by atoms with Gasteiger partial charge in [0.2, 0.25) is 5.89 Å². The number of piperidine rings is 1. The van der Waals surface area contributed by atoms with E-state index in [0.717, 1.165) is 0 Å². The van der Waals surface area contributed by atoms with Crippen molar-refractivity contribution in [3.05, 3.63) is 11.7 Å². The molecule has 3 rings (SSSR count). The van der Waals surface area contributed by atoms with Gasteiger partial charge in [0.05, 0.1) is 24.0 Å². The van der Waals surface area contributed by atoms with E-state index >= 15 is 0 Å². The molecule has 0 bridgehead atoms. The van der Waals surface area contributed by atoms with Crippen LogP contribution in [-0.2, 0) is 27.3 Å². The van der Waals surface area contributed by atoms with Crippen molar-refractivity contribution in [1.29, 1.82) is 0 Å². The Bertz CT molecular complexity index is 589. The largest absolute Gasteiger partial charge is 0.481 e. The molecule has 22 heavy (non-hydrogen) atoms. The molecule has 2 atom stereocenters. The highest BCUT2D eigenvalue weighted by atomic mass is 16.5. The Labute approximate surface area is 125 Å². The number of ether oxygens (including phenoxy) is 1. The molecular formula is C13H17N3O6. The summed E-state index contributed by atoms with van der Waals surface area (Å²) < 4.78 is 10.0. The van der Waals surface area contributed by atoms with Crippen molar-refractivity contribution < 1.29 is 29.1 Å². The second-order valence-corrected chi connectivity index (χ2v) is 5.94. The second-order valence-electron chi connectivity index (χ2n) is 5.94. The first kappa shape index (κ1) is 14.9. The Morgan fingerprint density at radius 1 is 1.32 bits per heavy atom. The number of aromatic nitrogens is 2. The van der Waals surface area contributed by atoms with Crippen molar-refractivity contribution in [2.75, 3.05) is 26.8 Å². The van der Waals surface area contributed by atoms with Crippen molar-refractivity contribution in [1.82, 2.24) is 15.0 Å². The molecule has 0 aromatic carbocycles. The lowest BCUT2D eigenvalue weighted by molar-refractivity contribution is -0.151. The van der Waals surface area contributed by atoms with Gasteiger partial charge in [-0.15, -0.1) is 0 Å². The Kier molecular flexibility index (Phi) is 3.41. The fourth-order valence-corrected chi connectivity index (χ4v) is 3.35. The van der Waals surface area contributed by atoms with E-state index in [1.807, 2.05) is 0 Å². The maximum absolute atomic E-state index is 11.4. The summed E-state index contributed by atoms with van der Waals surface area (Å²) in [6, 6.07) is 0. The average molecular weight is 311 g/mol. The number of carboxylic acids is 2. The van der Waals surface area contributed by atoms with Crippen LogP contribution < -0.4 is 0 Å². The summed E-state index contributed by atoms with van der Waals surface area (Å²) in [6.45, 7) is 1.10. The third-order valence-corrected chi connectivity index (χ3v) is 4.60. The van der Waals surface area contributed by atoms with E-state index in [9.17, 15) is 19.8 Å². The zero-order valence-electron chi connectivity index (χ0n) is 12.1. The Morgan fingerprint density at radius 2 is 1.95 bits per heavy atom. The SMILES string of the molecule is COCCc1noc(CN2C[C@@]3(C(=O)O)C[C@@]3(C(=O)O)C2)n1. The Morgan fingerprint density at radius 3 is 2.50 bits per heavy atom. The quantitative estimate of drug-likeness (QED) is 0.692. The molecule has 2 heterocycles. The van der Waals surface area contributed by atoms with Crippen LogP contribution in [0.5, 0.6) is 0 Å². The highest BCUT2D eigenvalue weighted by molar-refractivity contribution is 5.94. The van der Waals surface area contributed by atoms with Gasteiger partial charge in [0.15, 0.2) is 5.82 Å². The summed E-state index contributed by atoms with van der Waals surface area (Å²) >= 11 is 0. The van der Waals surface area contributed by atoms with Gasteiger partial charge in [-0.1, -0.05) is 5.16 Å². The number of fused-ring (bicyclic) bond motifs is 1. The maximum atomic E-state index is 11.4. The van der Waals surface area contributed by atoms with E-state index in [1.165, 1.54) is 0 Å². The van der Waals surface area contributed by atoms with Crippen LogP contribution in [0.15, 0.2) is 4.52 Å². The lowest BCUT2D eigenvalue weighted by Gasteiger charge is -2.16. The molecule has 9 nitrogen and oxygen atoms in total. The zero-order valence-corrected chi connectivity index (χ0v) is 12.1. The summed E-state index contributed by atoms with van der Waals surface area (Å²) in [6.07, 6.45) is 0.711. The van der Waals surface area contributed by atoms with Crippen LogP contribution in [0.2, 0.25) is 0 Å². The van der Waals surface area contributed by atoms with Gasteiger partial charge >= 0.3 is 11.9 Å². The number of carboxylic acid groups (broad SMARTS) is 2. The van der Waals surface area contributed by atoms with Crippen LogP contribution in [0.1, 0.15) is 18.1 Å². The highest BCUT2D eigenvalue weighted by Crippen LogP contribution is 2.68. The van der Waals surface area contributed by atoms with Crippen LogP contribution in [-0.4, -0.2) is 64.0 Å².